The number of aliphatic hydroxyl groups is 1. The molecule has 0 aliphatic carbocycles. The molecule has 1 atom stereocenters. The summed E-state index contributed by atoms with van der Waals surface area (Å²) in [7, 11) is 1.90. The van der Waals surface area contributed by atoms with E-state index in [-0.39, 0.29) is 0 Å². The highest BCUT2D eigenvalue weighted by Crippen LogP contribution is 2.17. The first kappa shape index (κ1) is 6.53. The van der Waals surface area contributed by atoms with Gasteiger partial charge in [-0.1, -0.05) is 0 Å². The Kier molecular flexibility index (Phi) is 1.43. The maximum Gasteiger partial charge on any atom is 0.164 e. The van der Waals surface area contributed by atoms with Crippen molar-refractivity contribution in [2.45, 2.75) is 12.0 Å². The van der Waals surface area contributed by atoms with Crippen molar-refractivity contribution < 1.29 is 5.11 Å². The van der Waals surface area contributed by atoms with Gasteiger partial charge in [-0.2, -0.15) is 5.26 Å². The van der Waals surface area contributed by atoms with Crippen molar-refractivity contribution in [1.29, 1.82) is 5.26 Å². The predicted octanol–water partition coefficient (Wildman–Crippen LogP) is -0.423. The average molecular weight is 126 g/mol. The molecule has 0 radical (unpaired) electrons. The first-order valence-electron chi connectivity index (χ1n) is 2.98. The van der Waals surface area contributed by atoms with Gasteiger partial charge in [-0.25, -0.2) is 0 Å². The van der Waals surface area contributed by atoms with Gasteiger partial charge in [0.05, 0.1) is 6.07 Å². The number of likely N-dealkylation sites (N-methyl/N-ethyl adjacent to an activating group) is 1. The highest BCUT2D eigenvalue weighted by molar-refractivity contribution is 5.05. The maximum absolute atomic E-state index is 9.27. The van der Waals surface area contributed by atoms with Crippen molar-refractivity contribution in [3.8, 4) is 6.07 Å². The third kappa shape index (κ3) is 1.21. The van der Waals surface area contributed by atoms with E-state index in [2.05, 4.69) is 0 Å². The number of rotatable bonds is 0. The molecule has 1 heterocycles. The van der Waals surface area contributed by atoms with Gasteiger partial charge in [0.25, 0.3) is 0 Å². The Hall–Kier alpha value is -0.590. The fourth-order valence-electron chi connectivity index (χ4n) is 1.07. The van der Waals surface area contributed by atoms with Crippen molar-refractivity contribution >= 4 is 0 Å². The van der Waals surface area contributed by atoms with Gasteiger partial charge in [0.1, 0.15) is 0 Å². The molecule has 1 fully saturated rings. The van der Waals surface area contributed by atoms with E-state index in [9.17, 15) is 5.11 Å². The van der Waals surface area contributed by atoms with Gasteiger partial charge in [0, 0.05) is 19.5 Å². The molecule has 1 unspecified atom stereocenters. The molecule has 0 bridgehead atoms. The lowest BCUT2D eigenvalue weighted by molar-refractivity contribution is 0.110. The first-order valence-corrected chi connectivity index (χ1v) is 2.98. The lowest BCUT2D eigenvalue weighted by atomic mass is 10.1. The van der Waals surface area contributed by atoms with E-state index in [1.54, 1.807) is 0 Å². The Morgan fingerprint density at radius 3 is 2.67 bits per heavy atom. The van der Waals surface area contributed by atoms with Crippen molar-refractivity contribution in [1.82, 2.24) is 4.90 Å². The lowest BCUT2D eigenvalue weighted by Crippen LogP contribution is -2.29. The van der Waals surface area contributed by atoms with E-state index in [0.29, 0.717) is 13.0 Å². The third-order valence-electron chi connectivity index (χ3n) is 1.65. The summed E-state index contributed by atoms with van der Waals surface area (Å²) in [5.41, 5.74) is -1.06. The minimum Gasteiger partial charge on any atom is -0.374 e. The maximum atomic E-state index is 9.27. The Morgan fingerprint density at radius 1 is 1.78 bits per heavy atom. The van der Waals surface area contributed by atoms with Gasteiger partial charge in [-0.15, -0.1) is 0 Å². The lowest BCUT2D eigenvalue weighted by Gasteiger charge is -2.11. The van der Waals surface area contributed by atoms with Crippen molar-refractivity contribution in [3.05, 3.63) is 0 Å². The number of nitrogens with zero attached hydrogens (tertiary/aromatic N) is 2. The van der Waals surface area contributed by atoms with Gasteiger partial charge in [0.15, 0.2) is 5.60 Å². The summed E-state index contributed by atoms with van der Waals surface area (Å²) in [6.07, 6.45) is 0.583. The van der Waals surface area contributed by atoms with Crippen LogP contribution in [0.3, 0.4) is 0 Å². The molecule has 50 valence electrons. The molecule has 1 aliphatic heterocycles. The van der Waals surface area contributed by atoms with Crippen LogP contribution in [0.5, 0.6) is 0 Å². The van der Waals surface area contributed by atoms with Gasteiger partial charge >= 0.3 is 0 Å². The minimum atomic E-state index is -1.06. The van der Waals surface area contributed by atoms with Gasteiger partial charge in [-0.3, -0.25) is 0 Å². The number of hydrogen-bond acceptors (Lipinski definition) is 3. The number of nitriles is 1. The largest absolute Gasteiger partial charge is 0.374 e. The fraction of sp³-hybridized carbons (Fsp3) is 0.833. The third-order valence-corrected chi connectivity index (χ3v) is 1.65. The van der Waals surface area contributed by atoms with Crippen LogP contribution in [0.4, 0.5) is 0 Å². The summed E-state index contributed by atoms with van der Waals surface area (Å²) in [4.78, 5) is 1.95. The summed E-state index contributed by atoms with van der Waals surface area (Å²) in [6.45, 7) is 1.31. The van der Waals surface area contributed by atoms with Crippen molar-refractivity contribution in [3.63, 3.8) is 0 Å². The molecular formula is C6H10N2O. The van der Waals surface area contributed by atoms with Crippen LogP contribution in [0.2, 0.25) is 0 Å². The molecule has 0 amide bonds. The molecule has 0 spiro atoms. The highest BCUT2D eigenvalue weighted by Gasteiger charge is 2.33. The number of hydrogen-bond donors (Lipinski definition) is 1. The Balaban J connectivity index is 2.58. The zero-order valence-corrected chi connectivity index (χ0v) is 5.46. The standard InChI is InChI=1S/C6H10N2O/c1-8-3-2-6(9,4-7)5-8/h9H,2-3,5H2,1H3. The number of β-amino-alcohol motifs (C(OH)–C–C–N with tert-alkyl or cyclic N) is 1. The predicted molar refractivity (Wildman–Crippen MR) is 32.7 cm³/mol. The molecule has 0 saturated carbocycles. The summed E-state index contributed by atoms with van der Waals surface area (Å²) in [5, 5.41) is 17.7. The van der Waals surface area contributed by atoms with E-state index in [1.165, 1.54) is 0 Å². The van der Waals surface area contributed by atoms with Crippen LogP contribution in [0.15, 0.2) is 0 Å². The van der Waals surface area contributed by atoms with E-state index in [1.807, 2.05) is 18.0 Å². The van der Waals surface area contributed by atoms with Crippen LogP contribution < -0.4 is 0 Å². The average Bonchev–Trinajstić information content (AvgIpc) is 2.13. The van der Waals surface area contributed by atoms with Crippen LogP contribution in [-0.4, -0.2) is 35.7 Å². The normalized spacial score (nSPS) is 36.6. The molecule has 1 aliphatic rings. The molecule has 1 N–H and O–H groups in total. The highest BCUT2D eigenvalue weighted by atomic mass is 16.3. The fourth-order valence-corrected chi connectivity index (χ4v) is 1.07. The Bertz CT molecular complexity index is 152. The van der Waals surface area contributed by atoms with E-state index in [4.69, 9.17) is 5.26 Å². The second kappa shape index (κ2) is 1.98. The van der Waals surface area contributed by atoms with Crippen LogP contribution in [-0.2, 0) is 0 Å². The summed E-state index contributed by atoms with van der Waals surface area (Å²) >= 11 is 0. The van der Waals surface area contributed by atoms with Crippen LogP contribution >= 0.6 is 0 Å². The molecule has 1 rings (SSSR count). The molecule has 3 nitrogen and oxygen atoms in total. The summed E-state index contributed by atoms with van der Waals surface area (Å²) in [6, 6.07) is 1.88. The SMILES string of the molecule is CN1CCC(O)(C#N)C1. The van der Waals surface area contributed by atoms with Crippen LogP contribution in [0.1, 0.15) is 6.42 Å². The zero-order valence-electron chi connectivity index (χ0n) is 5.46. The molecular weight excluding hydrogens is 116 g/mol. The number of likely N-dealkylation sites (tertiary alicyclic amines) is 1. The van der Waals surface area contributed by atoms with Gasteiger partial charge in [-0.05, 0) is 7.05 Å². The van der Waals surface area contributed by atoms with Gasteiger partial charge < -0.3 is 10.0 Å². The van der Waals surface area contributed by atoms with E-state index < -0.39 is 5.60 Å². The first-order chi connectivity index (χ1) is 4.16. The second-order valence-electron chi connectivity index (χ2n) is 2.63. The van der Waals surface area contributed by atoms with Crippen molar-refractivity contribution in [2.75, 3.05) is 20.1 Å². The minimum absolute atomic E-state index is 0.490. The van der Waals surface area contributed by atoms with Crippen LogP contribution in [0.25, 0.3) is 0 Å². The Morgan fingerprint density at radius 2 is 2.44 bits per heavy atom. The monoisotopic (exact) mass is 126 g/mol. The molecule has 3 heteroatoms. The van der Waals surface area contributed by atoms with Crippen LogP contribution in [0, 0.1) is 11.3 Å². The summed E-state index contributed by atoms with van der Waals surface area (Å²) < 4.78 is 0. The summed E-state index contributed by atoms with van der Waals surface area (Å²) in [5.74, 6) is 0. The molecule has 1 saturated heterocycles. The van der Waals surface area contributed by atoms with E-state index >= 15 is 0 Å². The smallest absolute Gasteiger partial charge is 0.164 e. The quantitative estimate of drug-likeness (QED) is 0.448. The zero-order chi connectivity index (χ0) is 6.91. The topological polar surface area (TPSA) is 47.3 Å². The molecule has 9 heavy (non-hydrogen) atoms. The van der Waals surface area contributed by atoms with Crippen molar-refractivity contribution in [2.24, 2.45) is 0 Å². The van der Waals surface area contributed by atoms with Gasteiger partial charge in [0.2, 0.25) is 0 Å². The Labute approximate surface area is 54.5 Å². The molecule has 0 aromatic carbocycles. The van der Waals surface area contributed by atoms with E-state index in [0.717, 1.165) is 6.54 Å². The molecule has 0 aromatic rings. The second-order valence-corrected chi connectivity index (χ2v) is 2.63. The molecule has 0 aromatic heterocycles.